The molecule has 2 aromatic rings. The zero-order chi connectivity index (χ0) is 11.7. The first-order valence-electron chi connectivity index (χ1n) is 4.60. The van der Waals surface area contributed by atoms with E-state index in [1.165, 1.54) is 11.6 Å². The Labute approximate surface area is 90.5 Å². The van der Waals surface area contributed by atoms with E-state index in [-0.39, 0.29) is 0 Å². The van der Waals surface area contributed by atoms with E-state index in [1.807, 2.05) is 0 Å². The third kappa shape index (κ3) is 1.64. The first-order chi connectivity index (χ1) is 7.59. The van der Waals surface area contributed by atoms with Crippen molar-refractivity contribution in [2.45, 2.75) is 13.0 Å². The lowest BCUT2D eigenvalue weighted by Gasteiger charge is -2.06. The van der Waals surface area contributed by atoms with Gasteiger partial charge in [0.25, 0.3) is 0 Å². The van der Waals surface area contributed by atoms with Gasteiger partial charge in [-0.15, -0.1) is 5.10 Å². The molecule has 0 aliphatic carbocycles. The maximum Gasteiger partial charge on any atom is 0.328 e. The molecule has 0 amide bonds. The van der Waals surface area contributed by atoms with Crippen LogP contribution in [0.3, 0.4) is 0 Å². The van der Waals surface area contributed by atoms with Gasteiger partial charge in [-0.25, -0.2) is 9.48 Å². The van der Waals surface area contributed by atoms with Crippen LogP contribution in [-0.2, 0) is 11.8 Å². The summed E-state index contributed by atoms with van der Waals surface area (Å²) in [7, 11) is 1.76. The van der Waals surface area contributed by atoms with Gasteiger partial charge in [0.1, 0.15) is 5.69 Å². The normalized spacial score (nSPS) is 12.6. The summed E-state index contributed by atoms with van der Waals surface area (Å²) >= 11 is 0. The quantitative estimate of drug-likeness (QED) is 0.766. The highest BCUT2D eigenvalue weighted by Crippen LogP contribution is 2.16. The Bertz CT molecular complexity index is 516. The molecule has 0 saturated heterocycles. The molecule has 0 aliphatic rings. The predicted octanol–water partition coefficient (Wildman–Crippen LogP) is -0.281. The second-order valence-corrected chi connectivity index (χ2v) is 3.34. The van der Waals surface area contributed by atoms with Crippen molar-refractivity contribution in [1.29, 1.82) is 0 Å². The van der Waals surface area contributed by atoms with E-state index in [9.17, 15) is 4.79 Å². The third-order valence-corrected chi connectivity index (χ3v) is 2.16. The summed E-state index contributed by atoms with van der Waals surface area (Å²) in [6.07, 6.45) is 1.74. The fourth-order valence-electron chi connectivity index (χ4n) is 1.26. The molecule has 1 unspecified atom stereocenters. The van der Waals surface area contributed by atoms with Gasteiger partial charge in [0.15, 0.2) is 6.04 Å². The number of carbonyl (C=O) groups is 1. The summed E-state index contributed by atoms with van der Waals surface area (Å²) in [6, 6.07) is 0.892. The summed E-state index contributed by atoms with van der Waals surface area (Å²) in [5.41, 5.74) is 0.542. The minimum atomic E-state index is -0.996. The first kappa shape index (κ1) is 10.3. The van der Waals surface area contributed by atoms with Gasteiger partial charge in [-0.3, -0.25) is 4.68 Å². The number of carboxylic acids is 1. The number of tetrazole rings is 1. The number of aliphatic carboxylic acids is 1. The Hall–Kier alpha value is -2.25. The van der Waals surface area contributed by atoms with E-state index >= 15 is 0 Å². The van der Waals surface area contributed by atoms with Gasteiger partial charge in [0, 0.05) is 13.2 Å². The van der Waals surface area contributed by atoms with Crippen LogP contribution in [0, 0.1) is 0 Å². The van der Waals surface area contributed by atoms with E-state index in [0.717, 1.165) is 0 Å². The summed E-state index contributed by atoms with van der Waals surface area (Å²) in [5.74, 6) is -0.653. The Kier molecular flexibility index (Phi) is 2.39. The van der Waals surface area contributed by atoms with Crippen LogP contribution in [0.4, 0.5) is 0 Å². The van der Waals surface area contributed by atoms with E-state index in [0.29, 0.717) is 11.5 Å². The van der Waals surface area contributed by atoms with E-state index in [4.69, 9.17) is 5.11 Å². The van der Waals surface area contributed by atoms with Gasteiger partial charge in [0.05, 0.1) is 0 Å². The molecule has 0 bridgehead atoms. The molecule has 2 aromatic heterocycles. The average Bonchev–Trinajstić information content (AvgIpc) is 2.83. The largest absolute Gasteiger partial charge is 0.480 e. The number of aromatic nitrogens is 6. The second kappa shape index (κ2) is 3.72. The highest BCUT2D eigenvalue weighted by atomic mass is 16.4. The lowest BCUT2D eigenvalue weighted by molar-refractivity contribution is -0.140. The highest BCUT2D eigenvalue weighted by Gasteiger charge is 2.21. The van der Waals surface area contributed by atoms with Gasteiger partial charge in [-0.05, 0) is 23.4 Å². The summed E-state index contributed by atoms with van der Waals surface area (Å²) < 4.78 is 2.82. The molecule has 1 N–H and O–H groups in total. The summed E-state index contributed by atoms with van der Waals surface area (Å²) in [4.78, 5) is 10.8. The molecule has 2 heterocycles. The molecule has 0 radical (unpaired) electrons. The second-order valence-electron chi connectivity index (χ2n) is 3.34. The Morgan fingerprint density at radius 3 is 2.88 bits per heavy atom. The molecule has 8 heteroatoms. The fraction of sp³-hybridized carbons (Fsp3) is 0.375. The van der Waals surface area contributed by atoms with Crippen molar-refractivity contribution < 1.29 is 9.90 Å². The number of nitrogens with zero attached hydrogens (tertiary/aromatic N) is 6. The molecule has 0 aromatic carbocycles. The Balaban J connectivity index is 2.43. The number of hydrogen-bond acceptors (Lipinski definition) is 5. The molecule has 8 nitrogen and oxygen atoms in total. The van der Waals surface area contributed by atoms with Gasteiger partial charge in [0.2, 0.25) is 5.82 Å². The molecular weight excluding hydrogens is 212 g/mol. The first-order valence-corrected chi connectivity index (χ1v) is 4.60. The smallest absolute Gasteiger partial charge is 0.328 e. The maximum absolute atomic E-state index is 10.8. The number of aryl methyl sites for hydroxylation is 1. The van der Waals surface area contributed by atoms with Gasteiger partial charge < -0.3 is 5.11 Å². The van der Waals surface area contributed by atoms with E-state index in [2.05, 4.69) is 20.6 Å². The summed E-state index contributed by atoms with van der Waals surface area (Å²) in [6.45, 7) is 1.51. The lowest BCUT2D eigenvalue weighted by atomic mass is 10.3. The van der Waals surface area contributed by atoms with Crippen LogP contribution in [-0.4, -0.2) is 41.1 Å². The van der Waals surface area contributed by atoms with Crippen LogP contribution in [0.2, 0.25) is 0 Å². The minimum absolute atomic E-state index is 0.343. The van der Waals surface area contributed by atoms with Crippen molar-refractivity contribution in [3.05, 3.63) is 12.3 Å². The van der Waals surface area contributed by atoms with Crippen molar-refractivity contribution in [2.75, 3.05) is 0 Å². The molecular formula is C8H10N6O2. The van der Waals surface area contributed by atoms with Crippen molar-refractivity contribution >= 4 is 5.97 Å². The molecule has 0 fully saturated rings. The number of hydrogen-bond donors (Lipinski definition) is 1. The molecule has 2 rings (SSSR count). The standard InChI is InChI=1S/C8H10N6O2/c1-5(8(15)16)14-7(9-11-12-14)6-3-4-13(2)10-6/h3-5H,1-2H3,(H,15,16). The lowest BCUT2D eigenvalue weighted by Crippen LogP contribution is -2.18. The van der Waals surface area contributed by atoms with Crippen molar-refractivity contribution in [2.24, 2.45) is 7.05 Å². The van der Waals surface area contributed by atoms with Crippen LogP contribution < -0.4 is 0 Å². The van der Waals surface area contributed by atoms with Crippen LogP contribution in [0.5, 0.6) is 0 Å². The molecule has 1 atom stereocenters. The fourth-order valence-corrected chi connectivity index (χ4v) is 1.26. The maximum atomic E-state index is 10.8. The van der Waals surface area contributed by atoms with E-state index in [1.54, 1.807) is 24.0 Å². The van der Waals surface area contributed by atoms with Crippen LogP contribution in [0.25, 0.3) is 11.5 Å². The molecule has 0 aliphatic heterocycles. The SMILES string of the molecule is CC(C(=O)O)n1nnnc1-c1ccn(C)n1. The predicted molar refractivity (Wildman–Crippen MR) is 52.4 cm³/mol. The average molecular weight is 222 g/mol. The molecule has 84 valence electrons. The number of rotatable bonds is 3. The highest BCUT2D eigenvalue weighted by molar-refractivity contribution is 5.72. The molecule has 0 spiro atoms. The zero-order valence-electron chi connectivity index (χ0n) is 8.77. The Morgan fingerprint density at radius 1 is 1.56 bits per heavy atom. The van der Waals surface area contributed by atoms with Crippen molar-refractivity contribution in [3.63, 3.8) is 0 Å². The Morgan fingerprint density at radius 2 is 2.31 bits per heavy atom. The van der Waals surface area contributed by atoms with Crippen molar-refractivity contribution in [3.8, 4) is 11.5 Å². The molecule has 0 saturated carbocycles. The van der Waals surface area contributed by atoms with Gasteiger partial charge in [-0.2, -0.15) is 5.10 Å². The van der Waals surface area contributed by atoms with E-state index < -0.39 is 12.0 Å². The zero-order valence-corrected chi connectivity index (χ0v) is 8.77. The topological polar surface area (TPSA) is 98.7 Å². The van der Waals surface area contributed by atoms with Crippen LogP contribution >= 0.6 is 0 Å². The summed E-state index contributed by atoms with van der Waals surface area (Å²) in [5, 5.41) is 23.9. The minimum Gasteiger partial charge on any atom is -0.480 e. The van der Waals surface area contributed by atoms with Crippen molar-refractivity contribution in [1.82, 2.24) is 30.0 Å². The van der Waals surface area contributed by atoms with Gasteiger partial charge >= 0.3 is 5.97 Å². The third-order valence-electron chi connectivity index (χ3n) is 2.16. The number of carboxylic acid groups (broad SMARTS) is 1. The molecule has 16 heavy (non-hydrogen) atoms. The van der Waals surface area contributed by atoms with Gasteiger partial charge in [-0.1, -0.05) is 0 Å². The van der Waals surface area contributed by atoms with Crippen LogP contribution in [0.15, 0.2) is 12.3 Å². The van der Waals surface area contributed by atoms with Crippen LogP contribution in [0.1, 0.15) is 13.0 Å². The monoisotopic (exact) mass is 222 g/mol.